The summed E-state index contributed by atoms with van der Waals surface area (Å²) in [7, 11) is 0. The molecule has 0 heterocycles. The molecule has 0 saturated heterocycles. The molecule has 0 radical (unpaired) electrons. The van der Waals surface area contributed by atoms with Crippen molar-refractivity contribution in [2.75, 3.05) is 0 Å². The minimum Gasteiger partial charge on any atom is -0.554 e. The molecule has 0 saturated carbocycles. The van der Waals surface area contributed by atoms with Crippen LogP contribution in [0.5, 0.6) is 0 Å². The monoisotopic (exact) mass is 260 g/mol. The van der Waals surface area contributed by atoms with E-state index in [1.807, 2.05) is 0 Å². The molecule has 0 aromatic rings. The first kappa shape index (κ1) is 22.4. The number of hydrogen-bond donors (Lipinski definition) is 0. The van der Waals surface area contributed by atoms with Crippen molar-refractivity contribution in [3.05, 3.63) is 0 Å². The van der Waals surface area contributed by atoms with Crippen molar-refractivity contribution in [2.24, 2.45) is 0 Å². The fourth-order valence-electron chi connectivity index (χ4n) is 0. The Balaban J connectivity index is -0.0000000160. The van der Waals surface area contributed by atoms with Crippen LogP contribution in [0.2, 0.25) is 0 Å². The summed E-state index contributed by atoms with van der Waals surface area (Å²) in [5.41, 5.74) is 0. The van der Waals surface area contributed by atoms with Gasteiger partial charge in [0.15, 0.2) is 0 Å². The average Bonchev–Trinajstić information content (AvgIpc) is 1.39. The van der Waals surface area contributed by atoms with Gasteiger partial charge in [0.2, 0.25) is 0 Å². The van der Waals surface area contributed by atoms with E-state index >= 15 is 0 Å². The zero-order chi connectivity index (χ0) is 5.41. The standard InChI is InChI=1S/2CH2O2.2Rb/c2*2-1-3;;/h2*1H,(H,2,3);;/q;;2*+1/p-2. The Morgan fingerprint density at radius 2 is 0.875 bits per heavy atom. The van der Waals surface area contributed by atoms with Crippen LogP contribution in [0.1, 0.15) is 0 Å². The summed E-state index contributed by atoms with van der Waals surface area (Å²) in [5.74, 6) is 0. The summed E-state index contributed by atoms with van der Waals surface area (Å²) < 4.78 is 0. The maximum Gasteiger partial charge on any atom is 1.00 e. The van der Waals surface area contributed by atoms with Gasteiger partial charge in [0.1, 0.15) is 0 Å². The topological polar surface area (TPSA) is 80.3 Å². The molecule has 0 rings (SSSR count). The quantitative estimate of drug-likeness (QED) is 0.405. The summed E-state index contributed by atoms with van der Waals surface area (Å²) in [5, 5.41) is 16.5. The number of rotatable bonds is 0. The fourth-order valence-corrected chi connectivity index (χ4v) is 0. The molecule has 0 aromatic heterocycles. The van der Waals surface area contributed by atoms with Crippen molar-refractivity contribution in [2.45, 2.75) is 0 Å². The average molecular weight is 261 g/mol. The largest absolute Gasteiger partial charge is 1.00 e. The normalized spacial score (nSPS) is 3.00. The van der Waals surface area contributed by atoms with Crippen LogP contribution in [0.15, 0.2) is 0 Å². The molecular formula is C2H2O4Rb2. The molecule has 0 amide bonds. The van der Waals surface area contributed by atoms with Crippen LogP contribution in [0.3, 0.4) is 0 Å². The fraction of sp³-hybridized carbons (Fsp3) is 0. The predicted molar refractivity (Wildman–Crippen MR) is 12.1 cm³/mol. The molecule has 4 nitrogen and oxygen atoms in total. The number of carbonyl (C=O) groups excluding carboxylic acids is 2. The second-order valence-electron chi connectivity index (χ2n) is 0.192. The summed E-state index contributed by atoms with van der Waals surface area (Å²) in [6.45, 7) is -1.00. The Bertz CT molecular complexity index is 33.0. The summed E-state index contributed by atoms with van der Waals surface area (Å²) in [6.07, 6.45) is 0. The maximum absolute atomic E-state index is 8.25. The van der Waals surface area contributed by atoms with Crippen LogP contribution in [0.25, 0.3) is 0 Å². The van der Waals surface area contributed by atoms with Crippen molar-refractivity contribution < 1.29 is 136 Å². The third-order valence-corrected chi connectivity index (χ3v) is 0. The van der Waals surface area contributed by atoms with E-state index in [9.17, 15) is 0 Å². The van der Waals surface area contributed by atoms with Crippen LogP contribution < -0.4 is 127 Å². The second-order valence-corrected chi connectivity index (χ2v) is 0.192. The van der Waals surface area contributed by atoms with Crippen molar-refractivity contribution in [3.8, 4) is 0 Å². The van der Waals surface area contributed by atoms with Gasteiger partial charge in [-0.3, -0.25) is 0 Å². The van der Waals surface area contributed by atoms with Gasteiger partial charge in [-0.05, 0) is 0 Å². The van der Waals surface area contributed by atoms with Crippen LogP contribution in [0.4, 0.5) is 0 Å². The van der Waals surface area contributed by atoms with E-state index in [2.05, 4.69) is 0 Å². The van der Waals surface area contributed by atoms with Gasteiger partial charge in [0, 0.05) is 12.9 Å². The van der Waals surface area contributed by atoms with Crippen LogP contribution in [-0.2, 0) is 9.59 Å². The van der Waals surface area contributed by atoms with Gasteiger partial charge in [-0.25, -0.2) is 0 Å². The van der Waals surface area contributed by atoms with Gasteiger partial charge in [0.05, 0.1) is 0 Å². The van der Waals surface area contributed by atoms with E-state index in [0.29, 0.717) is 0 Å². The molecule has 0 fully saturated rings. The Morgan fingerprint density at radius 3 is 0.875 bits per heavy atom. The zero-order valence-corrected chi connectivity index (χ0v) is 14.6. The van der Waals surface area contributed by atoms with Gasteiger partial charge in [-0.2, -0.15) is 0 Å². The number of carboxylic acid groups (broad SMARTS) is 2. The van der Waals surface area contributed by atoms with E-state index in [1.54, 1.807) is 0 Å². The maximum atomic E-state index is 8.25. The van der Waals surface area contributed by atoms with Crippen LogP contribution in [0, 0.1) is 0 Å². The molecule has 0 aromatic carbocycles. The SMILES string of the molecule is O=C[O-].O=C[O-].[Rb+].[Rb+]. The first-order valence-electron chi connectivity index (χ1n) is 0.943. The first-order valence-corrected chi connectivity index (χ1v) is 0.943. The predicted octanol–water partition coefficient (Wildman–Crippen LogP) is -9.26. The molecule has 0 atom stereocenters. The van der Waals surface area contributed by atoms with E-state index in [0.717, 1.165) is 0 Å². The van der Waals surface area contributed by atoms with Crippen molar-refractivity contribution in [1.82, 2.24) is 0 Å². The third-order valence-electron chi connectivity index (χ3n) is 0. The third kappa shape index (κ3) is 74.9. The summed E-state index contributed by atoms with van der Waals surface area (Å²) in [4.78, 5) is 16.5. The molecule has 0 aliphatic heterocycles. The molecule has 6 heteroatoms. The summed E-state index contributed by atoms with van der Waals surface area (Å²) in [6, 6.07) is 0. The molecule has 8 heavy (non-hydrogen) atoms. The minimum absolute atomic E-state index is 0. The van der Waals surface area contributed by atoms with Gasteiger partial charge >= 0.3 is 116 Å². The van der Waals surface area contributed by atoms with Gasteiger partial charge in [-0.1, -0.05) is 0 Å². The molecule has 36 valence electrons. The Morgan fingerprint density at radius 1 is 0.875 bits per heavy atom. The molecule has 0 N–H and O–H groups in total. The zero-order valence-electron chi connectivity index (χ0n) is 4.79. The van der Waals surface area contributed by atoms with E-state index < -0.39 is 12.9 Å². The van der Waals surface area contributed by atoms with Gasteiger partial charge in [-0.15, -0.1) is 0 Å². The Kier molecular flexibility index (Phi) is 94.5. The molecule has 0 aliphatic carbocycles. The van der Waals surface area contributed by atoms with E-state index in [4.69, 9.17) is 19.8 Å². The van der Waals surface area contributed by atoms with E-state index in [1.165, 1.54) is 0 Å². The second kappa shape index (κ2) is 33.7. The molecular weight excluding hydrogens is 259 g/mol. The molecule has 0 aliphatic rings. The molecule has 0 bridgehead atoms. The van der Waals surface area contributed by atoms with Gasteiger partial charge in [0.25, 0.3) is 0 Å². The number of carbonyl (C=O) groups is 2. The first-order chi connectivity index (χ1) is 2.83. The summed E-state index contributed by atoms with van der Waals surface area (Å²) >= 11 is 0. The van der Waals surface area contributed by atoms with Crippen molar-refractivity contribution >= 4 is 12.9 Å². The minimum atomic E-state index is -0.500. The van der Waals surface area contributed by atoms with Crippen LogP contribution >= 0.6 is 0 Å². The smallest absolute Gasteiger partial charge is 0.554 e. The molecule has 0 spiro atoms. The molecule has 0 unspecified atom stereocenters. The van der Waals surface area contributed by atoms with Crippen molar-refractivity contribution in [1.29, 1.82) is 0 Å². The Labute approximate surface area is 145 Å². The van der Waals surface area contributed by atoms with Crippen LogP contribution in [-0.4, -0.2) is 12.9 Å². The van der Waals surface area contributed by atoms with Gasteiger partial charge < -0.3 is 19.8 Å². The van der Waals surface area contributed by atoms with Crippen molar-refractivity contribution in [3.63, 3.8) is 0 Å². The van der Waals surface area contributed by atoms with E-state index in [-0.39, 0.29) is 116 Å². The Hall–Kier alpha value is 2.55. The number of hydrogen-bond acceptors (Lipinski definition) is 4.